The molecule has 0 fully saturated rings. The lowest BCUT2D eigenvalue weighted by atomic mass is 10.0. The number of fused-ring (bicyclic) bond motifs is 12. The molecule has 0 bridgehead atoms. The van der Waals surface area contributed by atoms with Crippen molar-refractivity contribution in [2.75, 3.05) is 0 Å². The Kier molecular flexibility index (Phi) is 4.78. The van der Waals surface area contributed by atoms with Crippen LogP contribution in [0.15, 0.2) is 152 Å². The van der Waals surface area contributed by atoms with Crippen molar-refractivity contribution in [3.8, 4) is 5.69 Å². The quantitative estimate of drug-likeness (QED) is 0.174. The van der Waals surface area contributed by atoms with Crippen LogP contribution in [0.2, 0.25) is 0 Å². The van der Waals surface area contributed by atoms with Crippen LogP contribution in [0.1, 0.15) is 6.04 Å². The number of hydrogen-bond donors (Lipinski definition) is 0. The van der Waals surface area contributed by atoms with Crippen LogP contribution in [-0.4, -0.2) is 14.8 Å². The van der Waals surface area contributed by atoms with Gasteiger partial charge in [-0.15, -0.1) is 11.3 Å². The Bertz CT molecular complexity index is 2800. The number of thiophene rings is 1. The number of rotatable bonds is 2. The Morgan fingerprint density at radius 3 is 2.07 bits per heavy atom. The Balaban J connectivity index is 1.17. The van der Waals surface area contributed by atoms with Crippen molar-refractivity contribution < 1.29 is 0 Å². The van der Waals surface area contributed by atoms with Crippen molar-refractivity contribution in [3.63, 3.8) is 0 Å². The fourth-order valence-electron chi connectivity index (χ4n) is 8.18. The number of allylic oxidation sites excluding steroid dienone is 4. The molecule has 4 heterocycles. The van der Waals surface area contributed by atoms with Gasteiger partial charge in [0.2, 0.25) is 17.1 Å². The van der Waals surface area contributed by atoms with Crippen LogP contribution >= 0.6 is 11.3 Å². The van der Waals surface area contributed by atoms with Crippen molar-refractivity contribution >= 4 is 92.2 Å². The van der Waals surface area contributed by atoms with Gasteiger partial charge in [0.15, 0.2) is 0 Å². The standard InChI is InChI=1S/C42H26N3S/c1-4-14-32-28(10-1)29-11-2-5-15-33(29)43(32)26-20-22-27(23-21-26)44-34-16-6-7-17-35(34)45-36-24-25-39-41(30-12-3-8-19-38(30)46-39)40(36)31-13-9-18-37(44)42(31)45/h1-25,35H/q+1. The summed E-state index contributed by atoms with van der Waals surface area (Å²) in [6, 6.07) is 47.0. The van der Waals surface area contributed by atoms with Crippen molar-refractivity contribution in [3.05, 3.63) is 152 Å². The monoisotopic (exact) mass is 604 g/mol. The summed E-state index contributed by atoms with van der Waals surface area (Å²) >= 11 is 1.89. The summed E-state index contributed by atoms with van der Waals surface area (Å²) in [5.41, 5.74) is 9.86. The minimum Gasteiger partial charge on any atom is -0.318 e. The summed E-state index contributed by atoms with van der Waals surface area (Å²) < 4.78 is 10.1. The first kappa shape index (κ1) is 24.6. The molecule has 9 aromatic rings. The molecule has 1 aliphatic carbocycles. The summed E-state index contributed by atoms with van der Waals surface area (Å²) in [6.45, 7) is 0. The van der Waals surface area contributed by atoms with Crippen molar-refractivity contribution in [1.82, 2.24) is 13.7 Å². The van der Waals surface area contributed by atoms with E-state index in [1.165, 1.54) is 80.9 Å². The Morgan fingerprint density at radius 1 is 0.543 bits per heavy atom. The number of hydrogen-bond acceptors (Lipinski definition) is 1. The van der Waals surface area contributed by atoms with Crippen LogP contribution in [0.3, 0.4) is 0 Å². The van der Waals surface area contributed by atoms with E-state index in [1.807, 2.05) is 11.3 Å². The maximum absolute atomic E-state index is 2.57. The van der Waals surface area contributed by atoms with Gasteiger partial charge in [-0.25, -0.2) is 0 Å². The first-order valence-corrected chi connectivity index (χ1v) is 16.6. The lowest BCUT2D eigenvalue weighted by Gasteiger charge is -2.24. The molecule has 1 atom stereocenters. The van der Waals surface area contributed by atoms with Gasteiger partial charge in [0, 0.05) is 71.7 Å². The highest BCUT2D eigenvalue weighted by Crippen LogP contribution is 2.48. The topological polar surface area (TPSA) is 12.9 Å². The summed E-state index contributed by atoms with van der Waals surface area (Å²) in [7, 11) is 0. The largest absolute Gasteiger partial charge is 0.318 e. The van der Waals surface area contributed by atoms with E-state index < -0.39 is 0 Å². The first-order valence-electron chi connectivity index (χ1n) is 15.8. The predicted molar refractivity (Wildman–Crippen MR) is 197 cm³/mol. The molecule has 0 radical (unpaired) electrons. The molecule has 0 N–H and O–H groups in total. The first-order chi connectivity index (χ1) is 22.8. The maximum atomic E-state index is 2.57. The van der Waals surface area contributed by atoms with Gasteiger partial charge in [-0.1, -0.05) is 85.0 Å². The molecular formula is C42H26N3S+. The van der Waals surface area contributed by atoms with Crippen LogP contribution in [-0.2, 0) is 0 Å². The molecule has 1 aliphatic heterocycles. The highest BCUT2D eigenvalue weighted by atomic mass is 32.1. The molecule has 214 valence electrons. The Labute approximate surface area is 268 Å². The molecular weight excluding hydrogens is 579 g/mol. The second-order valence-corrected chi connectivity index (χ2v) is 13.4. The lowest BCUT2D eigenvalue weighted by molar-refractivity contribution is 0.781. The molecule has 11 rings (SSSR count). The molecule has 0 amide bonds. The average Bonchev–Trinajstić information content (AvgIpc) is 3.77. The second-order valence-electron chi connectivity index (χ2n) is 12.3. The molecule has 2 aliphatic rings. The van der Waals surface area contributed by atoms with E-state index in [1.54, 1.807) is 0 Å². The van der Waals surface area contributed by atoms with Gasteiger partial charge in [0.25, 0.3) is 0 Å². The summed E-state index contributed by atoms with van der Waals surface area (Å²) in [6.07, 6.45) is 9.01. The summed E-state index contributed by atoms with van der Waals surface area (Å²) in [4.78, 5) is 0. The SMILES string of the molecule is C1=CC2=[N+](c3ccc(-n4c5ccccc5c5ccccc54)cc3)c3cccc4c5c6c(ccc5n(c34)C2C=C1)sc1ccccc16. The molecule has 0 saturated heterocycles. The second kappa shape index (κ2) is 8.94. The van der Waals surface area contributed by atoms with Crippen molar-refractivity contribution in [1.29, 1.82) is 0 Å². The maximum Gasteiger partial charge on any atom is 0.235 e. The fourth-order valence-corrected chi connectivity index (χ4v) is 9.29. The molecule has 1 unspecified atom stereocenters. The third-order valence-electron chi connectivity index (χ3n) is 10.0. The number of nitrogens with zero attached hydrogens (tertiary/aromatic N) is 3. The zero-order valence-electron chi connectivity index (χ0n) is 24.8. The molecule has 0 saturated carbocycles. The molecule has 6 aromatic carbocycles. The molecule has 46 heavy (non-hydrogen) atoms. The average molecular weight is 605 g/mol. The van der Waals surface area contributed by atoms with Crippen LogP contribution in [0.4, 0.5) is 11.4 Å². The van der Waals surface area contributed by atoms with Gasteiger partial charge in [0.1, 0.15) is 11.6 Å². The Hall–Kier alpha value is -5.71. The Morgan fingerprint density at radius 2 is 1.26 bits per heavy atom. The van der Waals surface area contributed by atoms with E-state index in [-0.39, 0.29) is 6.04 Å². The summed E-state index contributed by atoms with van der Waals surface area (Å²) in [5.74, 6) is 0. The van der Waals surface area contributed by atoms with Gasteiger partial charge < -0.3 is 9.13 Å². The van der Waals surface area contributed by atoms with E-state index in [0.717, 1.165) is 5.69 Å². The van der Waals surface area contributed by atoms with Gasteiger partial charge >= 0.3 is 0 Å². The van der Waals surface area contributed by atoms with Crippen LogP contribution < -0.4 is 4.58 Å². The van der Waals surface area contributed by atoms with Crippen LogP contribution in [0, 0.1) is 0 Å². The van der Waals surface area contributed by atoms with Crippen LogP contribution in [0.25, 0.3) is 69.5 Å². The fraction of sp³-hybridized carbons (Fsp3) is 0.0238. The van der Waals surface area contributed by atoms with Crippen molar-refractivity contribution in [2.24, 2.45) is 0 Å². The van der Waals surface area contributed by atoms with Gasteiger partial charge in [-0.2, -0.15) is 4.58 Å². The van der Waals surface area contributed by atoms with E-state index >= 15 is 0 Å². The lowest BCUT2D eigenvalue weighted by Crippen LogP contribution is -2.30. The normalized spacial score (nSPS) is 15.8. The van der Waals surface area contributed by atoms with Crippen LogP contribution in [0.5, 0.6) is 0 Å². The smallest absolute Gasteiger partial charge is 0.235 e. The third-order valence-corrected chi connectivity index (χ3v) is 11.1. The zero-order valence-corrected chi connectivity index (χ0v) is 25.6. The highest BCUT2D eigenvalue weighted by Gasteiger charge is 2.37. The zero-order chi connectivity index (χ0) is 29.9. The van der Waals surface area contributed by atoms with Gasteiger partial charge in [-0.3, -0.25) is 0 Å². The third kappa shape index (κ3) is 3.09. The van der Waals surface area contributed by atoms with Gasteiger partial charge in [-0.05, 0) is 42.5 Å². The molecule has 3 aromatic heterocycles. The molecule has 3 nitrogen and oxygen atoms in total. The van der Waals surface area contributed by atoms with Crippen molar-refractivity contribution in [2.45, 2.75) is 6.04 Å². The number of aromatic nitrogens is 2. The van der Waals surface area contributed by atoms with E-state index in [2.05, 4.69) is 165 Å². The molecule has 4 heteroatoms. The number of benzene rings is 6. The minimum atomic E-state index is 0.0965. The minimum absolute atomic E-state index is 0.0965. The van der Waals surface area contributed by atoms with Gasteiger partial charge in [0.05, 0.1) is 16.6 Å². The molecule has 0 spiro atoms. The van der Waals surface area contributed by atoms with E-state index in [4.69, 9.17) is 0 Å². The highest BCUT2D eigenvalue weighted by molar-refractivity contribution is 7.26. The predicted octanol–water partition coefficient (Wildman–Crippen LogP) is 11.2. The van der Waals surface area contributed by atoms with E-state index in [0.29, 0.717) is 0 Å². The summed E-state index contributed by atoms with van der Waals surface area (Å²) in [5, 5.41) is 7.95. The van der Waals surface area contributed by atoms with E-state index in [9.17, 15) is 0 Å². The number of para-hydroxylation sites is 3.